The van der Waals surface area contributed by atoms with Crippen molar-refractivity contribution in [2.75, 3.05) is 7.11 Å². The Labute approximate surface area is 120 Å². The highest BCUT2D eigenvalue weighted by molar-refractivity contribution is 5.36. The predicted molar refractivity (Wildman–Crippen MR) is 81.8 cm³/mol. The maximum Gasteiger partial charge on any atom is 0.119 e. The first-order valence-electron chi connectivity index (χ1n) is 6.72. The Morgan fingerprint density at radius 2 is 1.80 bits per heavy atom. The minimum Gasteiger partial charge on any atom is -0.497 e. The second kappa shape index (κ2) is 7.51. The van der Waals surface area contributed by atoms with Crippen LogP contribution in [0.3, 0.4) is 0 Å². The van der Waals surface area contributed by atoms with Gasteiger partial charge in [0.15, 0.2) is 0 Å². The average molecular weight is 268 g/mol. The zero-order valence-corrected chi connectivity index (χ0v) is 11.8. The zero-order valence-electron chi connectivity index (χ0n) is 11.8. The van der Waals surface area contributed by atoms with Gasteiger partial charge in [0, 0.05) is 0 Å². The van der Waals surface area contributed by atoms with Crippen molar-refractivity contribution in [3.05, 3.63) is 77.9 Å². The van der Waals surface area contributed by atoms with Crippen LogP contribution in [-0.4, -0.2) is 7.11 Å². The summed E-state index contributed by atoms with van der Waals surface area (Å²) < 4.78 is 11.1. The number of ether oxygens (including phenoxy) is 2. The molecule has 104 valence electrons. The summed E-state index contributed by atoms with van der Waals surface area (Å²) >= 11 is 0. The van der Waals surface area contributed by atoms with Gasteiger partial charge in [0.05, 0.1) is 20.3 Å². The molecule has 2 heteroatoms. The van der Waals surface area contributed by atoms with Gasteiger partial charge in [0.1, 0.15) is 5.75 Å². The van der Waals surface area contributed by atoms with Gasteiger partial charge in [-0.15, -0.1) is 6.58 Å². The van der Waals surface area contributed by atoms with Crippen molar-refractivity contribution >= 4 is 0 Å². The maximum absolute atomic E-state index is 5.80. The van der Waals surface area contributed by atoms with Crippen LogP contribution < -0.4 is 4.74 Å². The van der Waals surface area contributed by atoms with E-state index in [0.717, 1.165) is 17.7 Å². The van der Waals surface area contributed by atoms with Gasteiger partial charge in [-0.1, -0.05) is 42.5 Å². The van der Waals surface area contributed by atoms with Crippen LogP contribution in [0.5, 0.6) is 5.75 Å². The van der Waals surface area contributed by atoms with Gasteiger partial charge in [-0.2, -0.15) is 0 Å². The van der Waals surface area contributed by atoms with E-state index >= 15 is 0 Å². The molecule has 2 aromatic carbocycles. The second-order valence-corrected chi connectivity index (χ2v) is 4.61. The molecule has 2 rings (SSSR count). The van der Waals surface area contributed by atoms with Gasteiger partial charge in [0.25, 0.3) is 0 Å². The van der Waals surface area contributed by atoms with E-state index in [1.165, 1.54) is 11.1 Å². The molecule has 0 aliphatic carbocycles. The van der Waals surface area contributed by atoms with Crippen LogP contribution in [0.15, 0.2) is 61.2 Å². The van der Waals surface area contributed by atoms with Crippen molar-refractivity contribution in [1.29, 1.82) is 0 Å². The molecular formula is C18H20O2. The van der Waals surface area contributed by atoms with E-state index in [4.69, 9.17) is 9.47 Å². The number of benzene rings is 2. The summed E-state index contributed by atoms with van der Waals surface area (Å²) in [5, 5.41) is 0. The van der Waals surface area contributed by atoms with Crippen LogP contribution in [0.4, 0.5) is 0 Å². The fraction of sp³-hybridized carbons (Fsp3) is 0.222. The summed E-state index contributed by atoms with van der Waals surface area (Å²) in [7, 11) is 1.68. The van der Waals surface area contributed by atoms with Gasteiger partial charge < -0.3 is 9.47 Å². The SMILES string of the molecule is C=CCc1ccc(OC)cc1COCc1ccccc1. The largest absolute Gasteiger partial charge is 0.497 e. The molecule has 0 saturated carbocycles. The molecule has 0 saturated heterocycles. The monoisotopic (exact) mass is 268 g/mol. The molecule has 0 N–H and O–H groups in total. The van der Waals surface area contributed by atoms with Gasteiger partial charge in [-0.05, 0) is 35.2 Å². The lowest BCUT2D eigenvalue weighted by atomic mass is 10.0. The van der Waals surface area contributed by atoms with Crippen LogP contribution in [0.2, 0.25) is 0 Å². The first-order valence-corrected chi connectivity index (χ1v) is 6.72. The van der Waals surface area contributed by atoms with Crippen molar-refractivity contribution in [3.8, 4) is 5.75 Å². The lowest BCUT2D eigenvalue weighted by molar-refractivity contribution is 0.106. The molecule has 0 spiro atoms. The number of rotatable bonds is 7. The molecule has 0 atom stereocenters. The Kier molecular flexibility index (Phi) is 5.39. The van der Waals surface area contributed by atoms with E-state index in [9.17, 15) is 0 Å². The smallest absolute Gasteiger partial charge is 0.119 e. The molecule has 0 amide bonds. The molecule has 0 aliphatic rings. The molecule has 20 heavy (non-hydrogen) atoms. The van der Waals surface area contributed by atoms with Crippen molar-refractivity contribution < 1.29 is 9.47 Å². The highest BCUT2D eigenvalue weighted by atomic mass is 16.5. The minimum atomic E-state index is 0.579. The van der Waals surface area contributed by atoms with Gasteiger partial charge in [0.2, 0.25) is 0 Å². The average Bonchev–Trinajstić information content (AvgIpc) is 2.50. The Balaban J connectivity index is 2.01. The fourth-order valence-corrected chi connectivity index (χ4v) is 2.07. The van der Waals surface area contributed by atoms with Crippen molar-refractivity contribution in [2.24, 2.45) is 0 Å². The Bertz CT molecular complexity index is 547. The van der Waals surface area contributed by atoms with Gasteiger partial charge >= 0.3 is 0 Å². The van der Waals surface area contributed by atoms with Crippen LogP contribution in [0, 0.1) is 0 Å². The first-order chi connectivity index (χ1) is 9.83. The quantitative estimate of drug-likeness (QED) is 0.703. The summed E-state index contributed by atoms with van der Waals surface area (Å²) in [6.45, 7) is 4.99. The van der Waals surface area contributed by atoms with E-state index in [0.29, 0.717) is 13.2 Å². The van der Waals surface area contributed by atoms with E-state index in [1.807, 2.05) is 36.4 Å². The van der Waals surface area contributed by atoms with Crippen molar-refractivity contribution in [2.45, 2.75) is 19.6 Å². The van der Waals surface area contributed by atoms with Crippen LogP contribution in [0.1, 0.15) is 16.7 Å². The lowest BCUT2D eigenvalue weighted by Gasteiger charge is -2.11. The number of allylic oxidation sites excluding steroid dienone is 1. The molecule has 0 fully saturated rings. The van der Waals surface area contributed by atoms with Crippen molar-refractivity contribution in [1.82, 2.24) is 0 Å². The summed E-state index contributed by atoms with van der Waals surface area (Å²) in [6.07, 6.45) is 2.75. The maximum atomic E-state index is 5.80. The molecule has 2 nitrogen and oxygen atoms in total. The molecule has 0 aromatic heterocycles. The molecule has 0 bridgehead atoms. The van der Waals surface area contributed by atoms with E-state index in [2.05, 4.69) is 24.8 Å². The normalized spacial score (nSPS) is 10.2. The number of hydrogen-bond donors (Lipinski definition) is 0. The summed E-state index contributed by atoms with van der Waals surface area (Å²) in [4.78, 5) is 0. The van der Waals surface area contributed by atoms with E-state index < -0.39 is 0 Å². The fourth-order valence-electron chi connectivity index (χ4n) is 2.07. The Morgan fingerprint density at radius 3 is 2.50 bits per heavy atom. The highest BCUT2D eigenvalue weighted by Gasteiger charge is 2.04. The molecule has 2 aromatic rings. The standard InChI is InChI=1S/C18H20O2/c1-3-7-16-10-11-18(19-2)12-17(16)14-20-13-15-8-5-4-6-9-15/h3-6,8-12H,1,7,13-14H2,2H3. The van der Waals surface area contributed by atoms with Crippen LogP contribution >= 0.6 is 0 Å². The molecular weight excluding hydrogens is 248 g/mol. The summed E-state index contributed by atoms with van der Waals surface area (Å²) in [5.74, 6) is 0.858. The lowest BCUT2D eigenvalue weighted by Crippen LogP contribution is -1.99. The third-order valence-electron chi connectivity index (χ3n) is 3.15. The van der Waals surface area contributed by atoms with E-state index in [1.54, 1.807) is 7.11 Å². The Hall–Kier alpha value is -2.06. The van der Waals surface area contributed by atoms with E-state index in [-0.39, 0.29) is 0 Å². The van der Waals surface area contributed by atoms with Crippen LogP contribution in [0.25, 0.3) is 0 Å². The second-order valence-electron chi connectivity index (χ2n) is 4.61. The highest BCUT2D eigenvalue weighted by Crippen LogP contribution is 2.20. The van der Waals surface area contributed by atoms with Crippen molar-refractivity contribution in [3.63, 3.8) is 0 Å². The van der Waals surface area contributed by atoms with Gasteiger partial charge in [-0.3, -0.25) is 0 Å². The molecule has 0 heterocycles. The minimum absolute atomic E-state index is 0.579. The predicted octanol–water partition coefficient (Wildman–Crippen LogP) is 4.14. The van der Waals surface area contributed by atoms with Gasteiger partial charge in [-0.25, -0.2) is 0 Å². The summed E-state index contributed by atoms with van der Waals surface area (Å²) in [5.41, 5.74) is 3.56. The number of hydrogen-bond acceptors (Lipinski definition) is 2. The molecule has 0 unspecified atom stereocenters. The third kappa shape index (κ3) is 3.97. The molecule has 0 radical (unpaired) electrons. The zero-order chi connectivity index (χ0) is 14.2. The topological polar surface area (TPSA) is 18.5 Å². The third-order valence-corrected chi connectivity index (χ3v) is 3.15. The molecule has 0 aliphatic heterocycles. The Morgan fingerprint density at radius 1 is 1.00 bits per heavy atom. The number of methoxy groups -OCH3 is 1. The van der Waals surface area contributed by atoms with Crippen LogP contribution in [-0.2, 0) is 24.4 Å². The summed E-state index contributed by atoms with van der Waals surface area (Å²) in [6, 6.07) is 16.3. The first kappa shape index (κ1) is 14.4.